The SMILES string of the molecule is COC1=C2CC(C)CC(OC)C(OC(C)=O)C(C)C=C(C)C(OC(N)=O)C(OC)C=CC=C(C)C(=O)NC(=CC1=O)C2=O. The van der Waals surface area contributed by atoms with E-state index in [2.05, 4.69) is 5.32 Å². The number of nitrogens with one attached hydrogen (secondary N) is 1. The molecule has 1 aliphatic carbocycles. The van der Waals surface area contributed by atoms with Crippen molar-refractivity contribution in [1.82, 2.24) is 5.32 Å². The third kappa shape index (κ3) is 9.48. The molecular formula is C31H42N2O10. The van der Waals surface area contributed by atoms with E-state index in [4.69, 9.17) is 29.4 Å². The Kier molecular flexibility index (Phi) is 13.1. The Labute approximate surface area is 251 Å². The fourth-order valence-electron chi connectivity index (χ4n) is 5.14. The van der Waals surface area contributed by atoms with Crippen LogP contribution in [0.2, 0.25) is 0 Å². The highest BCUT2D eigenvalue weighted by molar-refractivity contribution is 6.23. The van der Waals surface area contributed by atoms with Gasteiger partial charge in [0.05, 0.1) is 18.9 Å². The lowest BCUT2D eigenvalue weighted by molar-refractivity contribution is -0.157. The van der Waals surface area contributed by atoms with Crippen LogP contribution < -0.4 is 11.1 Å². The van der Waals surface area contributed by atoms with E-state index in [0.29, 0.717) is 12.0 Å². The van der Waals surface area contributed by atoms with Crippen LogP contribution in [0.3, 0.4) is 0 Å². The Hall–Kier alpha value is -4.03. The van der Waals surface area contributed by atoms with E-state index in [1.165, 1.54) is 47.3 Å². The number of amides is 2. The molecule has 6 atom stereocenters. The molecule has 0 saturated heterocycles. The lowest BCUT2D eigenvalue weighted by Crippen LogP contribution is -2.39. The standard InChI is InChI=1S/C31H42N2O10/c1-16-12-21-26(36)22(15-23(35)29(21)41-8)33-30(37)17(2)10-9-11-24(39-6)27(43-31(32)38)18(3)14-19(4)28(42-20(5)34)25(13-16)40-7/h9-11,14-16,19,24-25,27-28H,12-13H2,1-8H3,(H2,32,38)(H,33,37). The smallest absolute Gasteiger partial charge is 0.405 e. The zero-order valence-electron chi connectivity index (χ0n) is 25.9. The molecule has 2 rings (SSSR count). The van der Waals surface area contributed by atoms with E-state index < -0.39 is 59.9 Å². The van der Waals surface area contributed by atoms with Crippen LogP contribution >= 0.6 is 0 Å². The number of hydrogen-bond acceptors (Lipinski definition) is 10. The lowest BCUT2D eigenvalue weighted by atomic mass is 9.85. The number of methoxy groups -OCH3 is 3. The second-order valence-corrected chi connectivity index (χ2v) is 10.7. The molecule has 6 unspecified atom stereocenters. The third-order valence-corrected chi connectivity index (χ3v) is 7.21. The average Bonchev–Trinajstić information content (AvgIpc) is 2.93. The molecule has 236 valence electrons. The van der Waals surface area contributed by atoms with Crippen LogP contribution in [0.4, 0.5) is 4.79 Å². The van der Waals surface area contributed by atoms with E-state index in [9.17, 15) is 24.0 Å². The minimum Gasteiger partial charge on any atom is -0.492 e. The monoisotopic (exact) mass is 602 g/mol. The maximum atomic E-state index is 13.5. The van der Waals surface area contributed by atoms with Crippen molar-refractivity contribution in [3.8, 4) is 0 Å². The van der Waals surface area contributed by atoms with E-state index in [0.717, 1.165) is 6.08 Å². The van der Waals surface area contributed by atoms with Gasteiger partial charge in [-0.1, -0.05) is 38.2 Å². The second kappa shape index (κ2) is 16.0. The highest BCUT2D eigenvalue weighted by Crippen LogP contribution is 2.30. The molecule has 1 heterocycles. The number of ether oxygens (including phenoxy) is 5. The molecular weight excluding hydrogens is 560 g/mol. The Bertz CT molecular complexity index is 1260. The van der Waals surface area contributed by atoms with Crippen LogP contribution in [0.1, 0.15) is 47.5 Å². The molecule has 0 fully saturated rings. The third-order valence-electron chi connectivity index (χ3n) is 7.21. The lowest BCUT2D eigenvalue weighted by Gasteiger charge is -2.32. The van der Waals surface area contributed by atoms with Gasteiger partial charge < -0.3 is 34.7 Å². The molecule has 3 N–H and O–H groups in total. The van der Waals surface area contributed by atoms with Gasteiger partial charge in [-0.3, -0.25) is 19.2 Å². The number of rotatable bonds is 5. The first-order chi connectivity index (χ1) is 20.2. The zero-order chi connectivity index (χ0) is 32.4. The summed E-state index contributed by atoms with van der Waals surface area (Å²) in [5.74, 6) is -3.01. The number of fused-ring (bicyclic) bond motifs is 2. The normalized spacial score (nSPS) is 27.9. The first kappa shape index (κ1) is 35.2. The Morgan fingerprint density at radius 3 is 2.26 bits per heavy atom. The first-order valence-electron chi connectivity index (χ1n) is 13.8. The van der Waals surface area contributed by atoms with Crippen molar-refractivity contribution < 1.29 is 47.7 Å². The summed E-state index contributed by atoms with van der Waals surface area (Å²) in [6.45, 7) is 8.23. The molecule has 12 nitrogen and oxygen atoms in total. The molecule has 0 saturated carbocycles. The van der Waals surface area contributed by atoms with Gasteiger partial charge in [0.2, 0.25) is 11.6 Å². The maximum absolute atomic E-state index is 13.5. The van der Waals surface area contributed by atoms with Gasteiger partial charge in [-0.15, -0.1) is 0 Å². The molecule has 0 aromatic rings. The summed E-state index contributed by atoms with van der Waals surface area (Å²) in [4.78, 5) is 63.2. The number of ketones is 2. The molecule has 43 heavy (non-hydrogen) atoms. The summed E-state index contributed by atoms with van der Waals surface area (Å²) >= 11 is 0. The van der Waals surface area contributed by atoms with Gasteiger partial charge in [0.15, 0.2) is 11.9 Å². The molecule has 1 aliphatic heterocycles. The van der Waals surface area contributed by atoms with Gasteiger partial charge in [-0.2, -0.15) is 0 Å². The van der Waals surface area contributed by atoms with Crippen LogP contribution in [0.15, 0.2) is 58.6 Å². The number of carbonyl (C=O) groups excluding carboxylic acids is 5. The van der Waals surface area contributed by atoms with Crippen molar-refractivity contribution in [3.05, 3.63) is 58.6 Å². The van der Waals surface area contributed by atoms with Crippen LogP contribution in [-0.4, -0.2) is 75.3 Å². The van der Waals surface area contributed by atoms with Gasteiger partial charge in [-0.05, 0) is 38.2 Å². The maximum Gasteiger partial charge on any atom is 0.405 e. The number of carbonyl (C=O) groups is 5. The van der Waals surface area contributed by atoms with E-state index in [-0.39, 0.29) is 34.9 Å². The quantitative estimate of drug-likeness (QED) is 0.271. The summed E-state index contributed by atoms with van der Waals surface area (Å²) in [5.41, 5.74) is 6.11. The van der Waals surface area contributed by atoms with Crippen LogP contribution in [0, 0.1) is 11.8 Å². The van der Waals surface area contributed by atoms with Gasteiger partial charge in [0.1, 0.15) is 12.2 Å². The molecule has 2 amide bonds. The molecule has 0 radical (unpaired) electrons. The summed E-state index contributed by atoms with van der Waals surface area (Å²) in [7, 11) is 4.21. The average molecular weight is 603 g/mol. The fraction of sp³-hybridized carbons (Fsp3) is 0.516. The second-order valence-electron chi connectivity index (χ2n) is 10.7. The highest BCUT2D eigenvalue weighted by Gasteiger charge is 2.35. The van der Waals surface area contributed by atoms with Gasteiger partial charge in [0.25, 0.3) is 5.91 Å². The van der Waals surface area contributed by atoms with Crippen molar-refractivity contribution >= 4 is 29.5 Å². The van der Waals surface area contributed by atoms with Gasteiger partial charge >= 0.3 is 12.1 Å². The molecule has 0 aromatic carbocycles. The number of allylic oxidation sites excluding steroid dienone is 4. The van der Waals surface area contributed by atoms with Crippen molar-refractivity contribution in [2.24, 2.45) is 17.6 Å². The number of esters is 1. The van der Waals surface area contributed by atoms with Crippen LogP contribution in [-0.2, 0) is 42.9 Å². The van der Waals surface area contributed by atoms with Crippen LogP contribution in [0.25, 0.3) is 0 Å². The van der Waals surface area contributed by atoms with E-state index in [1.54, 1.807) is 19.1 Å². The predicted octanol–water partition coefficient (Wildman–Crippen LogP) is 2.98. The topological polar surface area (TPSA) is 170 Å². The summed E-state index contributed by atoms with van der Waals surface area (Å²) in [6.07, 6.45) is 3.68. The van der Waals surface area contributed by atoms with E-state index in [1.807, 2.05) is 13.8 Å². The summed E-state index contributed by atoms with van der Waals surface area (Å²) < 4.78 is 27.7. The van der Waals surface area contributed by atoms with Crippen LogP contribution in [0.5, 0.6) is 0 Å². The van der Waals surface area contributed by atoms with E-state index >= 15 is 0 Å². The first-order valence-corrected chi connectivity index (χ1v) is 13.8. The summed E-state index contributed by atoms with van der Waals surface area (Å²) in [5, 5.41) is 2.52. The number of primary amides is 1. The fourth-order valence-corrected chi connectivity index (χ4v) is 5.14. The Morgan fingerprint density at radius 2 is 1.70 bits per heavy atom. The Balaban J connectivity index is 2.70. The summed E-state index contributed by atoms with van der Waals surface area (Å²) in [6, 6.07) is 0. The molecule has 0 spiro atoms. The highest BCUT2D eigenvalue weighted by atomic mass is 16.6. The largest absolute Gasteiger partial charge is 0.492 e. The number of hydrogen-bond donors (Lipinski definition) is 2. The van der Waals surface area contributed by atoms with Crippen molar-refractivity contribution in [2.75, 3.05) is 21.3 Å². The predicted molar refractivity (Wildman–Crippen MR) is 156 cm³/mol. The molecule has 2 aliphatic rings. The molecule has 0 aromatic heterocycles. The minimum absolute atomic E-state index is 0.0977. The van der Waals surface area contributed by atoms with Crippen molar-refractivity contribution in [3.63, 3.8) is 0 Å². The number of Topliss-reactive ketones (excluding diaryl/α,β-unsaturated/α-hetero) is 1. The van der Waals surface area contributed by atoms with Crippen molar-refractivity contribution in [1.29, 1.82) is 0 Å². The van der Waals surface area contributed by atoms with Gasteiger partial charge in [0, 0.05) is 44.3 Å². The Morgan fingerprint density at radius 1 is 1.02 bits per heavy atom. The molecule has 12 heteroatoms. The molecule has 2 bridgehead atoms. The van der Waals surface area contributed by atoms with Crippen molar-refractivity contribution in [2.45, 2.75) is 71.9 Å². The number of nitrogens with two attached hydrogens (primary N) is 1. The zero-order valence-corrected chi connectivity index (χ0v) is 25.9. The minimum atomic E-state index is -1.02. The van der Waals surface area contributed by atoms with Gasteiger partial charge in [-0.25, -0.2) is 4.79 Å².